The summed E-state index contributed by atoms with van der Waals surface area (Å²) in [4.78, 5) is 4.49. The standard InChI is InChI=1S/C16H19Br2N3/c1-9-4-10(2)13(11(3)5-9)7-15(21-19)16-14(18)6-12(17)8-20-16/h4-6,8,15,21H,7,19H2,1-3H3. The zero-order chi connectivity index (χ0) is 15.6. The van der Waals surface area contributed by atoms with Gasteiger partial charge in [-0.05, 0) is 81.8 Å². The predicted octanol–water partition coefficient (Wildman–Crippen LogP) is 4.28. The lowest BCUT2D eigenvalue weighted by Crippen LogP contribution is -2.31. The van der Waals surface area contributed by atoms with Crippen LogP contribution in [-0.2, 0) is 6.42 Å². The minimum Gasteiger partial charge on any atom is -0.271 e. The molecule has 3 nitrogen and oxygen atoms in total. The lowest BCUT2D eigenvalue weighted by atomic mass is 9.93. The zero-order valence-corrected chi connectivity index (χ0v) is 15.5. The van der Waals surface area contributed by atoms with Crippen molar-refractivity contribution in [2.24, 2.45) is 5.84 Å². The van der Waals surface area contributed by atoms with Gasteiger partial charge < -0.3 is 0 Å². The van der Waals surface area contributed by atoms with Crippen LogP contribution in [0.25, 0.3) is 0 Å². The second kappa shape index (κ2) is 7.01. The van der Waals surface area contributed by atoms with E-state index in [0.717, 1.165) is 21.1 Å². The Morgan fingerprint density at radius 1 is 1.14 bits per heavy atom. The van der Waals surface area contributed by atoms with Crippen LogP contribution in [0.5, 0.6) is 0 Å². The molecule has 1 unspecified atom stereocenters. The molecule has 112 valence electrons. The third-order valence-corrected chi connectivity index (χ3v) is 4.68. The molecule has 21 heavy (non-hydrogen) atoms. The Bertz CT molecular complexity index is 633. The van der Waals surface area contributed by atoms with Crippen molar-refractivity contribution in [2.75, 3.05) is 0 Å². The van der Waals surface area contributed by atoms with Crippen LogP contribution in [0, 0.1) is 20.8 Å². The number of benzene rings is 1. The molecule has 1 atom stereocenters. The quantitative estimate of drug-likeness (QED) is 0.582. The van der Waals surface area contributed by atoms with Gasteiger partial charge in [-0.1, -0.05) is 17.7 Å². The van der Waals surface area contributed by atoms with Crippen LogP contribution in [-0.4, -0.2) is 4.98 Å². The van der Waals surface area contributed by atoms with Crippen LogP contribution in [0.15, 0.2) is 33.3 Å². The molecule has 0 spiro atoms. The fraction of sp³-hybridized carbons (Fsp3) is 0.312. The molecule has 0 aliphatic rings. The van der Waals surface area contributed by atoms with Gasteiger partial charge in [-0.25, -0.2) is 0 Å². The number of nitrogens with two attached hydrogens (primary N) is 1. The highest BCUT2D eigenvalue weighted by Crippen LogP contribution is 2.28. The van der Waals surface area contributed by atoms with E-state index in [1.54, 1.807) is 6.20 Å². The van der Waals surface area contributed by atoms with Gasteiger partial charge in [0.1, 0.15) is 0 Å². The van der Waals surface area contributed by atoms with Crippen molar-refractivity contribution < 1.29 is 0 Å². The zero-order valence-electron chi connectivity index (χ0n) is 12.4. The average molecular weight is 413 g/mol. The average Bonchev–Trinajstić information content (AvgIpc) is 2.39. The van der Waals surface area contributed by atoms with E-state index < -0.39 is 0 Å². The molecule has 0 radical (unpaired) electrons. The molecule has 5 heteroatoms. The number of pyridine rings is 1. The second-order valence-corrected chi connectivity index (χ2v) is 7.09. The van der Waals surface area contributed by atoms with Gasteiger partial charge in [0.15, 0.2) is 0 Å². The van der Waals surface area contributed by atoms with Crippen LogP contribution < -0.4 is 11.3 Å². The molecule has 0 bridgehead atoms. The van der Waals surface area contributed by atoms with Crippen molar-refractivity contribution in [3.05, 3.63) is 61.3 Å². The Morgan fingerprint density at radius 3 is 2.29 bits per heavy atom. The number of aromatic nitrogens is 1. The first-order valence-corrected chi connectivity index (χ1v) is 8.34. The van der Waals surface area contributed by atoms with Gasteiger partial charge in [0, 0.05) is 15.1 Å². The summed E-state index contributed by atoms with van der Waals surface area (Å²) in [5, 5.41) is 0. The predicted molar refractivity (Wildman–Crippen MR) is 94.1 cm³/mol. The third kappa shape index (κ3) is 3.92. The summed E-state index contributed by atoms with van der Waals surface area (Å²) in [6.07, 6.45) is 2.60. The van der Waals surface area contributed by atoms with E-state index in [-0.39, 0.29) is 6.04 Å². The highest BCUT2D eigenvalue weighted by molar-refractivity contribution is 9.11. The molecule has 2 rings (SSSR count). The fourth-order valence-corrected chi connectivity index (χ4v) is 3.92. The van der Waals surface area contributed by atoms with Crippen molar-refractivity contribution in [3.8, 4) is 0 Å². The van der Waals surface area contributed by atoms with Gasteiger partial charge in [-0.15, -0.1) is 0 Å². The smallest absolute Gasteiger partial charge is 0.0732 e. The molecule has 1 aromatic carbocycles. The summed E-state index contributed by atoms with van der Waals surface area (Å²) >= 11 is 6.98. The van der Waals surface area contributed by atoms with E-state index in [9.17, 15) is 0 Å². The first-order valence-electron chi connectivity index (χ1n) is 6.76. The van der Waals surface area contributed by atoms with E-state index in [0.29, 0.717) is 0 Å². The lowest BCUT2D eigenvalue weighted by Gasteiger charge is -2.20. The van der Waals surface area contributed by atoms with Gasteiger partial charge >= 0.3 is 0 Å². The molecule has 3 N–H and O–H groups in total. The van der Waals surface area contributed by atoms with E-state index in [1.807, 2.05) is 6.07 Å². The summed E-state index contributed by atoms with van der Waals surface area (Å²) < 4.78 is 1.89. The summed E-state index contributed by atoms with van der Waals surface area (Å²) in [5.41, 5.74) is 9.00. The number of nitrogens with one attached hydrogen (secondary N) is 1. The van der Waals surface area contributed by atoms with Crippen molar-refractivity contribution in [2.45, 2.75) is 33.2 Å². The van der Waals surface area contributed by atoms with Crippen LogP contribution in [0.1, 0.15) is 34.0 Å². The van der Waals surface area contributed by atoms with Crippen molar-refractivity contribution in [1.29, 1.82) is 0 Å². The van der Waals surface area contributed by atoms with Crippen LogP contribution in [0.2, 0.25) is 0 Å². The summed E-state index contributed by atoms with van der Waals surface area (Å²) in [6, 6.07) is 6.37. The van der Waals surface area contributed by atoms with E-state index in [1.165, 1.54) is 22.3 Å². The Labute approximate surface area is 142 Å². The van der Waals surface area contributed by atoms with Crippen molar-refractivity contribution >= 4 is 31.9 Å². The highest BCUT2D eigenvalue weighted by Gasteiger charge is 2.18. The summed E-state index contributed by atoms with van der Waals surface area (Å²) in [5.74, 6) is 5.77. The highest BCUT2D eigenvalue weighted by atomic mass is 79.9. The first kappa shape index (κ1) is 16.6. The Hall–Kier alpha value is -0.750. The Morgan fingerprint density at radius 2 is 1.76 bits per heavy atom. The van der Waals surface area contributed by atoms with E-state index in [2.05, 4.69) is 75.2 Å². The van der Waals surface area contributed by atoms with Gasteiger partial charge in [0.2, 0.25) is 0 Å². The third-order valence-electron chi connectivity index (χ3n) is 3.62. The number of aryl methyl sites for hydroxylation is 3. The van der Waals surface area contributed by atoms with Crippen molar-refractivity contribution in [3.63, 3.8) is 0 Å². The monoisotopic (exact) mass is 411 g/mol. The number of hydrazine groups is 1. The molecule has 0 aliphatic carbocycles. The fourth-order valence-electron chi connectivity index (χ4n) is 2.65. The minimum absolute atomic E-state index is 0.0346. The molecule has 1 heterocycles. The maximum atomic E-state index is 5.77. The number of rotatable bonds is 4. The van der Waals surface area contributed by atoms with Gasteiger partial charge in [0.05, 0.1) is 11.7 Å². The van der Waals surface area contributed by atoms with Crippen LogP contribution >= 0.6 is 31.9 Å². The summed E-state index contributed by atoms with van der Waals surface area (Å²) in [6.45, 7) is 6.41. The molecule has 1 aromatic heterocycles. The maximum Gasteiger partial charge on any atom is 0.0732 e. The van der Waals surface area contributed by atoms with E-state index >= 15 is 0 Å². The topological polar surface area (TPSA) is 50.9 Å². The van der Waals surface area contributed by atoms with Crippen LogP contribution in [0.3, 0.4) is 0 Å². The Kier molecular flexibility index (Phi) is 5.54. The molecule has 0 saturated heterocycles. The number of nitrogens with zero attached hydrogens (tertiary/aromatic N) is 1. The molecule has 0 saturated carbocycles. The number of halogens is 2. The minimum atomic E-state index is -0.0346. The number of hydrogen-bond donors (Lipinski definition) is 2. The van der Waals surface area contributed by atoms with Gasteiger partial charge in [-0.2, -0.15) is 0 Å². The van der Waals surface area contributed by atoms with E-state index in [4.69, 9.17) is 5.84 Å². The SMILES string of the molecule is Cc1cc(C)c(CC(NN)c2ncc(Br)cc2Br)c(C)c1. The molecule has 0 amide bonds. The molecule has 0 fully saturated rings. The normalized spacial score (nSPS) is 12.5. The second-order valence-electron chi connectivity index (χ2n) is 5.32. The van der Waals surface area contributed by atoms with Gasteiger partial charge in [-0.3, -0.25) is 16.3 Å². The first-order chi connectivity index (χ1) is 9.92. The Balaban J connectivity index is 2.36. The maximum absolute atomic E-state index is 5.77. The molecular weight excluding hydrogens is 394 g/mol. The molecular formula is C16H19Br2N3. The molecule has 2 aromatic rings. The van der Waals surface area contributed by atoms with Crippen molar-refractivity contribution in [1.82, 2.24) is 10.4 Å². The van der Waals surface area contributed by atoms with Crippen LogP contribution in [0.4, 0.5) is 0 Å². The summed E-state index contributed by atoms with van der Waals surface area (Å²) in [7, 11) is 0. The lowest BCUT2D eigenvalue weighted by molar-refractivity contribution is 0.534. The van der Waals surface area contributed by atoms with Gasteiger partial charge in [0.25, 0.3) is 0 Å². The largest absolute Gasteiger partial charge is 0.271 e. The molecule has 0 aliphatic heterocycles. The number of hydrogen-bond acceptors (Lipinski definition) is 3.